The van der Waals surface area contributed by atoms with Gasteiger partial charge in [0.2, 0.25) is 0 Å². The van der Waals surface area contributed by atoms with Crippen LogP contribution < -0.4 is 0 Å². The number of nitrogens with zero attached hydrogens (tertiary/aromatic N) is 2. The number of pyridine rings is 1. The highest BCUT2D eigenvalue weighted by Gasteiger charge is 2.55. The van der Waals surface area contributed by atoms with Crippen molar-refractivity contribution < 1.29 is 9.53 Å². The summed E-state index contributed by atoms with van der Waals surface area (Å²) in [7, 11) is 0. The van der Waals surface area contributed by atoms with Gasteiger partial charge in [-0.05, 0) is 74.5 Å². The Hall–Kier alpha value is -1.68. The molecule has 4 nitrogen and oxygen atoms in total. The summed E-state index contributed by atoms with van der Waals surface area (Å²) in [6, 6.07) is 4.59. The molecular weight excluding hydrogens is 360 g/mol. The van der Waals surface area contributed by atoms with Crippen LogP contribution in [-0.2, 0) is 9.53 Å². The maximum Gasteiger partial charge on any atom is 0.310 e. The predicted octanol–water partition coefficient (Wildman–Crippen LogP) is 4.92. The predicted molar refractivity (Wildman–Crippen MR) is 113 cm³/mol. The van der Waals surface area contributed by atoms with Gasteiger partial charge in [0.05, 0.1) is 5.92 Å². The van der Waals surface area contributed by atoms with Crippen molar-refractivity contribution in [1.82, 2.24) is 9.88 Å². The Morgan fingerprint density at radius 1 is 1.34 bits per heavy atom. The Kier molecular flexibility index (Phi) is 5.01. The number of ether oxygens (including phenoxy) is 1. The molecule has 4 heteroatoms. The second-order valence-corrected chi connectivity index (χ2v) is 10.2. The quantitative estimate of drug-likeness (QED) is 0.539. The number of piperidine rings is 1. The molecular formula is C25H34N2O2. The Morgan fingerprint density at radius 3 is 3.07 bits per heavy atom. The molecule has 4 aliphatic rings. The van der Waals surface area contributed by atoms with Crippen molar-refractivity contribution in [2.75, 3.05) is 13.1 Å². The minimum absolute atomic E-state index is 0.0107. The number of carbonyl (C=O) groups is 1. The number of likely N-dealkylation sites (tertiary alicyclic amines) is 1. The molecule has 0 bridgehead atoms. The minimum atomic E-state index is 0.0107. The van der Waals surface area contributed by atoms with Crippen molar-refractivity contribution in [1.29, 1.82) is 0 Å². The average Bonchev–Trinajstić information content (AvgIpc) is 3.01. The van der Waals surface area contributed by atoms with Gasteiger partial charge in [0.25, 0.3) is 0 Å². The number of carbonyl (C=O) groups excluding carboxylic acids is 1. The fourth-order valence-corrected chi connectivity index (χ4v) is 6.88. The molecule has 2 aliphatic carbocycles. The lowest BCUT2D eigenvalue weighted by Crippen LogP contribution is -2.46. The number of allylic oxidation sites excluding steroid dienone is 1. The fourth-order valence-electron chi connectivity index (χ4n) is 6.88. The molecule has 4 fully saturated rings. The normalized spacial score (nSPS) is 40.2. The first-order chi connectivity index (χ1) is 14.0. The first-order valence-corrected chi connectivity index (χ1v) is 11.6. The number of rotatable bonds is 3. The molecule has 6 atom stereocenters. The molecule has 6 unspecified atom stereocenters. The third-order valence-electron chi connectivity index (χ3n) is 8.43. The van der Waals surface area contributed by atoms with E-state index in [2.05, 4.69) is 29.5 Å². The third-order valence-corrected chi connectivity index (χ3v) is 8.43. The Morgan fingerprint density at radius 2 is 2.24 bits per heavy atom. The van der Waals surface area contributed by atoms with E-state index in [1.54, 1.807) is 0 Å². The molecule has 2 saturated carbocycles. The molecule has 0 spiro atoms. The molecule has 0 N–H and O–H groups in total. The van der Waals surface area contributed by atoms with Crippen molar-refractivity contribution in [3.05, 3.63) is 42.2 Å². The van der Waals surface area contributed by atoms with Crippen molar-refractivity contribution in [2.45, 2.75) is 70.4 Å². The van der Waals surface area contributed by atoms with E-state index in [4.69, 9.17) is 4.74 Å². The molecule has 0 amide bonds. The highest BCUT2D eigenvalue weighted by Crippen LogP contribution is 2.57. The number of aromatic nitrogens is 1. The average molecular weight is 395 g/mol. The lowest BCUT2D eigenvalue weighted by molar-refractivity contribution is -0.146. The van der Waals surface area contributed by atoms with Gasteiger partial charge in [0, 0.05) is 30.9 Å². The summed E-state index contributed by atoms with van der Waals surface area (Å²) in [5.74, 6) is 0.969. The van der Waals surface area contributed by atoms with E-state index in [0.717, 1.165) is 38.8 Å². The van der Waals surface area contributed by atoms with E-state index in [9.17, 15) is 4.79 Å². The summed E-state index contributed by atoms with van der Waals surface area (Å²) in [6.07, 6.45) is 13.3. The van der Waals surface area contributed by atoms with E-state index in [1.165, 1.54) is 36.8 Å². The van der Waals surface area contributed by atoms with Crippen LogP contribution in [0.15, 0.2) is 36.7 Å². The number of hydrogen-bond acceptors (Lipinski definition) is 4. The summed E-state index contributed by atoms with van der Waals surface area (Å²) < 4.78 is 6.00. The van der Waals surface area contributed by atoms with Crippen LogP contribution in [0.5, 0.6) is 0 Å². The maximum atomic E-state index is 13.0. The Bertz CT molecular complexity index is 778. The van der Waals surface area contributed by atoms with Crippen LogP contribution in [0.1, 0.15) is 69.9 Å². The van der Waals surface area contributed by atoms with Crippen LogP contribution >= 0.6 is 0 Å². The van der Waals surface area contributed by atoms with Gasteiger partial charge in [0.1, 0.15) is 6.10 Å². The summed E-state index contributed by atoms with van der Waals surface area (Å²) >= 11 is 0. The highest BCUT2D eigenvalue weighted by atomic mass is 16.6. The molecule has 1 aromatic rings. The topological polar surface area (TPSA) is 42.4 Å². The summed E-state index contributed by atoms with van der Waals surface area (Å²) in [6.45, 7) is 8.72. The summed E-state index contributed by atoms with van der Waals surface area (Å²) in [5.41, 5.74) is 2.98. The van der Waals surface area contributed by atoms with Gasteiger partial charge >= 0.3 is 5.97 Å². The van der Waals surface area contributed by atoms with Crippen LogP contribution in [0, 0.1) is 23.2 Å². The lowest BCUT2D eigenvalue weighted by atomic mass is 9.55. The van der Waals surface area contributed by atoms with Gasteiger partial charge in [-0.3, -0.25) is 14.7 Å². The van der Waals surface area contributed by atoms with Gasteiger partial charge in [-0.2, -0.15) is 0 Å². The highest BCUT2D eigenvalue weighted by molar-refractivity contribution is 5.75. The molecule has 156 valence electrons. The van der Waals surface area contributed by atoms with Crippen molar-refractivity contribution in [2.24, 2.45) is 23.2 Å². The van der Waals surface area contributed by atoms with Crippen LogP contribution in [0.4, 0.5) is 0 Å². The number of esters is 1. The van der Waals surface area contributed by atoms with Gasteiger partial charge in [-0.25, -0.2) is 0 Å². The SMILES string of the molecule is C=C1CCCC2(C)CC3OC(=O)C(CN4CCCCC4c4cccnc4)C3CC12. The fraction of sp³-hybridized carbons (Fsp3) is 0.680. The Labute approximate surface area is 174 Å². The van der Waals surface area contributed by atoms with Crippen LogP contribution in [0.3, 0.4) is 0 Å². The van der Waals surface area contributed by atoms with Crippen LogP contribution in [0.25, 0.3) is 0 Å². The van der Waals surface area contributed by atoms with Crippen molar-refractivity contribution >= 4 is 5.97 Å². The van der Waals surface area contributed by atoms with Gasteiger partial charge < -0.3 is 4.74 Å². The second kappa shape index (κ2) is 7.54. The summed E-state index contributed by atoms with van der Waals surface area (Å²) in [4.78, 5) is 19.8. The van der Waals surface area contributed by atoms with E-state index in [1.807, 2.05) is 18.5 Å². The Balaban J connectivity index is 1.35. The van der Waals surface area contributed by atoms with E-state index >= 15 is 0 Å². The second-order valence-electron chi connectivity index (χ2n) is 10.2. The summed E-state index contributed by atoms with van der Waals surface area (Å²) in [5, 5.41) is 0. The van der Waals surface area contributed by atoms with Crippen molar-refractivity contribution in [3.63, 3.8) is 0 Å². The monoisotopic (exact) mass is 394 g/mol. The maximum absolute atomic E-state index is 13.0. The number of hydrogen-bond donors (Lipinski definition) is 0. The zero-order valence-electron chi connectivity index (χ0n) is 17.7. The van der Waals surface area contributed by atoms with E-state index in [0.29, 0.717) is 17.9 Å². The molecule has 0 aromatic carbocycles. The molecule has 2 aliphatic heterocycles. The van der Waals surface area contributed by atoms with Gasteiger partial charge in [-0.15, -0.1) is 0 Å². The van der Waals surface area contributed by atoms with E-state index in [-0.39, 0.29) is 23.4 Å². The molecule has 1 aromatic heterocycles. The van der Waals surface area contributed by atoms with Crippen molar-refractivity contribution in [3.8, 4) is 0 Å². The lowest BCUT2D eigenvalue weighted by Gasteiger charge is -2.50. The smallest absolute Gasteiger partial charge is 0.310 e. The first kappa shape index (κ1) is 19.3. The first-order valence-electron chi connectivity index (χ1n) is 11.6. The minimum Gasteiger partial charge on any atom is -0.462 e. The molecule has 3 heterocycles. The van der Waals surface area contributed by atoms with Gasteiger partial charge in [-0.1, -0.05) is 31.6 Å². The van der Waals surface area contributed by atoms with Crippen LogP contribution in [-0.4, -0.2) is 35.0 Å². The number of fused-ring (bicyclic) bond motifs is 2. The molecule has 29 heavy (non-hydrogen) atoms. The zero-order chi connectivity index (χ0) is 20.0. The van der Waals surface area contributed by atoms with Gasteiger partial charge in [0.15, 0.2) is 0 Å². The molecule has 2 saturated heterocycles. The van der Waals surface area contributed by atoms with Crippen LogP contribution in [0.2, 0.25) is 0 Å². The third kappa shape index (κ3) is 3.43. The zero-order valence-corrected chi connectivity index (χ0v) is 17.7. The molecule has 5 rings (SSSR count). The standard InChI is InChI=1S/C25H34N2O2/c1-17-7-5-10-25(2)14-23-19(13-21(17)25)20(24(28)29-23)16-27-12-4-3-9-22(27)18-8-6-11-26-15-18/h6,8,11,15,19-23H,1,3-5,7,9-10,12-14,16H2,2H3. The van der Waals surface area contributed by atoms with E-state index < -0.39 is 0 Å². The largest absolute Gasteiger partial charge is 0.462 e. The molecule has 0 radical (unpaired) electrons.